The van der Waals surface area contributed by atoms with Crippen molar-refractivity contribution in [2.45, 2.75) is 19.4 Å². The Bertz CT molecular complexity index is 866. The molecule has 1 amide bonds. The number of nitrogens with zero attached hydrogens (tertiary/aromatic N) is 3. The molecule has 0 saturated heterocycles. The molecule has 1 aromatic carbocycles. The number of benzene rings is 1. The Balaban J connectivity index is 1.60. The first kappa shape index (κ1) is 16.6. The van der Waals surface area contributed by atoms with E-state index in [-0.39, 0.29) is 24.2 Å². The normalized spacial score (nSPS) is 11.9. The molecular formula is C18H18N4O3. The number of aromatic nitrogens is 3. The Kier molecular flexibility index (Phi) is 4.74. The summed E-state index contributed by atoms with van der Waals surface area (Å²) >= 11 is 0. The van der Waals surface area contributed by atoms with E-state index in [0.717, 1.165) is 5.56 Å². The van der Waals surface area contributed by atoms with E-state index in [4.69, 9.17) is 4.42 Å². The second-order valence-electron chi connectivity index (χ2n) is 5.80. The van der Waals surface area contributed by atoms with Gasteiger partial charge in [0.2, 0.25) is 0 Å². The van der Waals surface area contributed by atoms with Gasteiger partial charge in [-0.25, -0.2) is 4.98 Å². The number of aryl methyl sites for hydroxylation is 1. The van der Waals surface area contributed by atoms with Crippen LogP contribution in [0.2, 0.25) is 0 Å². The van der Waals surface area contributed by atoms with E-state index in [1.807, 2.05) is 0 Å². The number of rotatable bonds is 6. The lowest BCUT2D eigenvalue weighted by Gasteiger charge is -2.12. The van der Waals surface area contributed by atoms with Gasteiger partial charge in [0.05, 0.1) is 6.26 Å². The Morgan fingerprint density at radius 2 is 2.00 bits per heavy atom. The van der Waals surface area contributed by atoms with Gasteiger partial charge in [0.15, 0.2) is 17.4 Å². The standard InChI is InChI=1S/C18H18N4O3/c1-12(10-15(23)16-4-3-9-25-16)20-18(24)14-7-5-13(6-8-14)17-19-11-22(2)21-17/h3-9,11-12H,10H2,1-2H3,(H,20,24). The predicted octanol–water partition coefficient (Wildman–Crippen LogP) is 2.47. The fourth-order valence-electron chi connectivity index (χ4n) is 2.42. The number of hydrogen-bond acceptors (Lipinski definition) is 5. The molecule has 0 aliphatic heterocycles. The van der Waals surface area contributed by atoms with Crippen molar-refractivity contribution in [1.82, 2.24) is 20.1 Å². The van der Waals surface area contributed by atoms with Crippen molar-refractivity contribution >= 4 is 11.7 Å². The molecule has 25 heavy (non-hydrogen) atoms. The van der Waals surface area contributed by atoms with Crippen LogP contribution in [0.3, 0.4) is 0 Å². The summed E-state index contributed by atoms with van der Waals surface area (Å²) in [5.74, 6) is 0.523. The number of ketones is 1. The van der Waals surface area contributed by atoms with Crippen LogP contribution in [-0.2, 0) is 7.05 Å². The molecule has 7 heteroatoms. The zero-order chi connectivity index (χ0) is 17.8. The Morgan fingerprint density at radius 3 is 2.60 bits per heavy atom. The second-order valence-corrected chi connectivity index (χ2v) is 5.80. The van der Waals surface area contributed by atoms with Gasteiger partial charge in [0.1, 0.15) is 6.33 Å². The zero-order valence-electron chi connectivity index (χ0n) is 14.0. The maximum Gasteiger partial charge on any atom is 0.251 e. The highest BCUT2D eigenvalue weighted by atomic mass is 16.3. The molecule has 0 aliphatic rings. The summed E-state index contributed by atoms with van der Waals surface area (Å²) in [5, 5.41) is 7.04. The van der Waals surface area contributed by atoms with Crippen LogP contribution >= 0.6 is 0 Å². The molecule has 0 saturated carbocycles. The number of carbonyl (C=O) groups is 2. The minimum Gasteiger partial charge on any atom is -0.461 e. The number of nitrogens with one attached hydrogen (secondary N) is 1. The average molecular weight is 338 g/mol. The van der Waals surface area contributed by atoms with Crippen LogP contribution in [0.15, 0.2) is 53.4 Å². The molecular weight excluding hydrogens is 320 g/mol. The van der Waals surface area contributed by atoms with E-state index < -0.39 is 0 Å². The largest absolute Gasteiger partial charge is 0.461 e. The molecule has 0 bridgehead atoms. The van der Waals surface area contributed by atoms with Crippen LogP contribution in [0.25, 0.3) is 11.4 Å². The van der Waals surface area contributed by atoms with Crippen molar-refractivity contribution < 1.29 is 14.0 Å². The van der Waals surface area contributed by atoms with Crippen molar-refractivity contribution in [3.05, 3.63) is 60.3 Å². The highest BCUT2D eigenvalue weighted by molar-refractivity contribution is 5.96. The van der Waals surface area contributed by atoms with E-state index in [1.165, 1.54) is 6.26 Å². The molecule has 3 rings (SSSR count). The van der Waals surface area contributed by atoms with Crippen molar-refractivity contribution in [2.24, 2.45) is 7.05 Å². The van der Waals surface area contributed by atoms with Gasteiger partial charge in [-0.15, -0.1) is 0 Å². The molecule has 128 valence electrons. The number of furan rings is 1. The second kappa shape index (κ2) is 7.12. The third kappa shape index (κ3) is 4.00. The summed E-state index contributed by atoms with van der Waals surface area (Å²) in [6, 6.07) is 9.98. The SMILES string of the molecule is CC(CC(=O)c1ccco1)NC(=O)c1ccc(-c2ncn(C)n2)cc1. The molecule has 7 nitrogen and oxygen atoms in total. The third-order valence-electron chi connectivity index (χ3n) is 3.67. The van der Waals surface area contributed by atoms with Crippen LogP contribution in [0.1, 0.15) is 34.3 Å². The summed E-state index contributed by atoms with van der Waals surface area (Å²) in [4.78, 5) is 28.4. The highest BCUT2D eigenvalue weighted by Crippen LogP contribution is 2.15. The first-order valence-corrected chi connectivity index (χ1v) is 7.86. The van der Waals surface area contributed by atoms with Crippen molar-refractivity contribution in [3.8, 4) is 11.4 Å². The topological polar surface area (TPSA) is 90.0 Å². The van der Waals surface area contributed by atoms with Crippen LogP contribution in [0, 0.1) is 0 Å². The van der Waals surface area contributed by atoms with Gasteiger partial charge in [-0.2, -0.15) is 5.10 Å². The summed E-state index contributed by atoms with van der Waals surface area (Å²) < 4.78 is 6.69. The number of carbonyl (C=O) groups excluding carboxylic acids is 2. The molecule has 2 heterocycles. The summed E-state index contributed by atoms with van der Waals surface area (Å²) in [5.41, 5.74) is 1.34. The number of amides is 1. The Morgan fingerprint density at radius 1 is 1.24 bits per heavy atom. The van der Waals surface area contributed by atoms with Gasteiger partial charge >= 0.3 is 0 Å². The Labute approximate surface area is 144 Å². The van der Waals surface area contributed by atoms with E-state index in [1.54, 1.807) is 61.4 Å². The average Bonchev–Trinajstić information content (AvgIpc) is 3.26. The van der Waals surface area contributed by atoms with Gasteiger partial charge in [0.25, 0.3) is 5.91 Å². The van der Waals surface area contributed by atoms with Crippen molar-refractivity contribution in [1.29, 1.82) is 0 Å². The summed E-state index contributed by atoms with van der Waals surface area (Å²) in [6.45, 7) is 1.78. The number of Topliss-reactive ketones (excluding diaryl/α,β-unsaturated/α-hetero) is 1. The minimum absolute atomic E-state index is 0.144. The molecule has 1 N–H and O–H groups in total. The lowest BCUT2D eigenvalue weighted by Crippen LogP contribution is -2.34. The van der Waals surface area contributed by atoms with Gasteiger partial charge < -0.3 is 9.73 Å². The maximum atomic E-state index is 12.3. The molecule has 0 spiro atoms. The Hall–Kier alpha value is -3.22. The van der Waals surface area contributed by atoms with Crippen LogP contribution < -0.4 is 5.32 Å². The minimum atomic E-state index is -0.303. The zero-order valence-corrected chi connectivity index (χ0v) is 14.0. The molecule has 0 aliphatic carbocycles. The smallest absolute Gasteiger partial charge is 0.251 e. The molecule has 1 unspecified atom stereocenters. The molecule has 0 fully saturated rings. The van der Waals surface area contributed by atoms with Gasteiger partial charge in [-0.1, -0.05) is 12.1 Å². The first-order chi connectivity index (χ1) is 12.0. The first-order valence-electron chi connectivity index (χ1n) is 7.86. The van der Waals surface area contributed by atoms with Crippen LogP contribution in [0.4, 0.5) is 0 Å². The fourth-order valence-corrected chi connectivity index (χ4v) is 2.42. The van der Waals surface area contributed by atoms with E-state index >= 15 is 0 Å². The molecule has 3 aromatic rings. The maximum absolute atomic E-state index is 12.3. The summed E-state index contributed by atoms with van der Waals surface area (Å²) in [7, 11) is 1.80. The number of hydrogen-bond donors (Lipinski definition) is 1. The van der Waals surface area contributed by atoms with Crippen molar-refractivity contribution in [3.63, 3.8) is 0 Å². The monoisotopic (exact) mass is 338 g/mol. The van der Waals surface area contributed by atoms with E-state index in [9.17, 15) is 9.59 Å². The quantitative estimate of drug-likeness (QED) is 0.697. The fraction of sp³-hybridized carbons (Fsp3) is 0.222. The summed E-state index contributed by atoms with van der Waals surface area (Å²) in [6.07, 6.45) is 3.25. The van der Waals surface area contributed by atoms with Crippen LogP contribution in [-0.4, -0.2) is 32.5 Å². The molecule has 2 aromatic heterocycles. The van der Waals surface area contributed by atoms with Gasteiger partial charge in [-0.05, 0) is 31.2 Å². The molecule has 0 radical (unpaired) electrons. The predicted molar refractivity (Wildman–Crippen MR) is 91.0 cm³/mol. The van der Waals surface area contributed by atoms with Gasteiger partial charge in [-0.3, -0.25) is 14.3 Å². The molecule has 1 atom stereocenters. The van der Waals surface area contributed by atoms with Crippen molar-refractivity contribution in [2.75, 3.05) is 0 Å². The lowest BCUT2D eigenvalue weighted by molar-refractivity contribution is 0.0907. The van der Waals surface area contributed by atoms with E-state index in [2.05, 4.69) is 15.4 Å². The van der Waals surface area contributed by atoms with Crippen LogP contribution in [0.5, 0.6) is 0 Å². The third-order valence-corrected chi connectivity index (χ3v) is 3.67. The lowest BCUT2D eigenvalue weighted by atomic mass is 10.1. The van der Waals surface area contributed by atoms with Gasteiger partial charge in [0, 0.05) is 30.6 Å². The highest BCUT2D eigenvalue weighted by Gasteiger charge is 2.16. The van der Waals surface area contributed by atoms with E-state index in [0.29, 0.717) is 17.1 Å².